The summed E-state index contributed by atoms with van der Waals surface area (Å²) < 4.78 is 0. The number of ketones is 1. The molecule has 68 valence electrons. The van der Waals surface area contributed by atoms with Crippen molar-refractivity contribution in [1.82, 2.24) is 0 Å². The van der Waals surface area contributed by atoms with Crippen LogP contribution in [-0.2, 0) is 4.79 Å². The Bertz CT molecular complexity index is 165. The standard InChI is InChI=1S/C11H18O/c1-7-3-9(4-7)11(12)10-5-8(2)6-10/h7-10H,3-6H2,1-2H3. The second-order valence-electron chi connectivity index (χ2n) is 4.95. The van der Waals surface area contributed by atoms with E-state index < -0.39 is 0 Å². The molecule has 0 atom stereocenters. The molecule has 0 N–H and O–H groups in total. The van der Waals surface area contributed by atoms with Gasteiger partial charge >= 0.3 is 0 Å². The van der Waals surface area contributed by atoms with E-state index in [1.54, 1.807) is 0 Å². The molecule has 0 heterocycles. The number of hydrogen-bond donors (Lipinski definition) is 0. The number of carbonyl (C=O) groups excluding carboxylic acids is 1. The lowest BCUT2D eigenvalue weighted by Gasteiger charge is -2.39. The molecule has 2 saturated carbocycles. The Morgan fingerprint density at radius 3 is 1.50 bits per heavy atom. The van der Waals surface area contributed by atoms with Crippen molar-refractivity contribution in [1.29, 1.82) is 0 Å². The van der Waals surface area contributed by atoms with Gasteiger partial charge in [0, 0.05) is 11.8 Å². The van der Waals surface area contributed by atoms with Gasteiger partial charge in [-0.1, -0.05) is 13.8 Å². The van der Waals surface area contributed by atoms with Crippen LogP contribution in [0.4, 0.5) is 0 Å². The molecule has 1 nitrogen and oxygen atoms in total. The van der Waals surface area contributed by atoms with E-state index in [2.05, 4.69) is 13.8 Å². The molecule has 1 heteroatoms. The Morgan fingerprint density at radius 2 is 1.25 bits per heavy atom. The van der Waals surface area contributed by atoms with E-state index >= 15 is 0 Å². The van der Waals surface area contributed by atoms with E-state index in [4.69, 9.17) is 0 Å². The number of Topliss-reactive ketones (excluding diaryl/α,β-unsaturated/α-hetero) is 1. The van der Waals surface area contributed by atoms with Crippen LogP contribution in [0.15, 0.2) is 0 Å². The maximum absolute atomic E-state index is 11.7. The fraction of sp³-hybridized carbons (Fsp3) is 0.909. The SMILES string of the molecule is CC1CC(C(=O)C2CC(C)C2)C1. The fourth-order valence-electron chi connectivity index (χ4n) is 2.60. The van der Waals surface area contributed by atoms with Gasteiger partial charge in [-0.3, -0.25) is 4.79 Å². The van der Waals surface area contributed by atoms with Crippen molar-refractivity contribution in [2.24, 2.45) is 23.7 Å². The van der Waals surface area contributed by atoms with Crippen molar-refractivity contribution in [2.45, 2.75) is 39.5 Å². The fourth-order valence-corrected chi connectivity index (χ4v) is 2.60. The first kappa shape index (κ1) is 8.28. The summed E-state index contributed by atoms with van der Waals surface area (Å²) in [5.41, 5.74) is 0. The van der Waals surface area contributed by atoms with Crippen molar-refractivity contribution in [2.75, 3.05) is 0 Å². The van der Waals surface area contributed by atoms with Crippen LogP contribution in [0.5, 0.6) is 0 Å². The van der Waals surface area contributed by atoms with Gasteiger partial charge in [0.25, 0.3) is 0 Å². The first-order chi connectivity index (χ1) is 5.66. The summed E-state index contributed by atoms with van der Waals surface area (Å²) in [7, 11) is 0. The minimum Gasteiger partial charge on any atom is -0.299 e. The van der Waals surface area contributed by atoms with Crippen molar-refractivity contribution < 1.29 is 4.79 Å². The molecular weight excluding hydrogens is 148 g/mol. The summed E-state index contributed by atoms with van der Waals surface area (Å²) in [6.45, 7) is 4.49. The van der Waals surface area contributed by atoms with Crippen LogP contribution in [-0.4, -0.2) is 5.78 Å². The summed E-state index contributed by atoms with van der Waals surface area (Å²) in [5, 5.41) is 0. The molecule has 2 rings (SSSR count). The highest BCUT2D eigenvalue weighted by molar-refractivity contribution is 5.84. The molecule has 2 fully saturated rings. The molecule has 0 aromatic heterocycles. The lowest BCUT2D eigenvalue weighted by Crippen LogP contribution is -2.38. The zero-order chi connectivity index (χ0) is 8.72. The van der Waals surface area contributed by atoms with Crippen LogP contribution < -0.4 is 0 Å². The van der Waals surface area contributed by atoms with Crippen molar-refractivity contribution >= 4 is 5.78 Å². The molecule has 0 saturated heterocycles. The van der Waals surface area contributed by atoms with Gasteiger partial charge in [-0.15, -0.1) is 0 Å². The number of hydrogen-bond acceptors (Lipinski definition) is 1. The van der Waals surface area contributed by atoms with Crippen LogP contribution in [0.1, 0.15) is 39.5 Å². The van der Waals surface area contributed by atoms with E-state index in [-0.39, 0.29) is 0 Å². The van der Waals surface area contributed by atoms with E-state index in [9.17, 15) is 4.79 Å². The van der Waals surface area contributed by atoms with Gasteiger partial charge in [0.15, 0.2) is 0 Å². The highest BCUT2D eigenvalue weighted by Crippen LogP contribution is 2.42. The molecule has 0 aliphatic heterocycles. The van der Waals surface area contributed by atoms with Gasteiger partial charge in [-0.2, -0.15) is 0 Å². The molecule has 0 unspecified atom stereocenters. The normalized spacial score (nSPS) is 46.2. The highest BCUT2D eigenvalue weighted by atomic mass is 16.1. The van der Waals surface area contributed by atoms with Crippen LogP contribution in [0, 0.1) is 23.7 Å². The molecule has 0 bridgehead atoms. The predicted molar refractivity (Wildman–Crippen MR) is 48.8 cm³/mol. The van der Waals surface area contributed by atoms with Crippen LogP contribution in [0.3, 0.4) is 0 Å². The number of carbonyl (C=O) groups is 1. The maximum atomic E-state index is 11.7. The Balaban J connectivity index is 1.78. The predicted octanol–water partition coefficient (Wildman–Crippen LogP) is 2.65. The topological polar surface area (TPSA) is 17.1 Å². The van der Waals surface area contributed by atoms with E-state index in [1.807, 2.05) is 0 Å². The minimum absolute atomic E-state index is 0.456. The molecule has 0 radical (unpaired) electrons. The molecular formula is C11H18O. The van der Waals surface area contributed by atoms with E-state index in [1.165, 1.54) is 25.7 Å². The van der Waals surface area contributed by atoms with Gasteiger partial charge in [-0.25, -0.2) is 0 Å². The molecule has 0 amide bonds. The Labute approximate surface area is 74.5 Å². The summed E-state index contributed by atoms with van der Waals surface area (Å²) in [5.74, 6) is 3.13. The maximum Gasteiger partial charge on any atom is 0.139 e. The van der Waals surface area contributed by atoms with Crippen molar-refractivity contribution in [3.63, 3.8) is 0 Å². The van der Waals surface area contributed by atoms with Gasteiger partial charge in [0.2, 0.25) is 0 Å². The molecule has 2 aliphatic carbocycles. The van der Waals surface area contributed by atoms with Crippen molar-refractivity contribution in [3.05, 3.63) is 0 Å². The largest absolute Gasteiger partial charge is 0.299 e. The average Bonchev–Trinajstić information content (AvgIpc) is 1.91. The first-order valence-corrected chi connectivity index (χ1v) is 5.20. The summed E-state index contributed by atoms with van der Waals surface area (Å²) in [6, 6.07) is 0. The van der Waals surface area contributed by atoms with Crippen LogP contribution in [0.2, 0.25) is 0 Å². The Morgan fingerprint density at radius 1 is 0.917 bits per heavy atom. The lowest BCUT2D eigenvalue weighted by atomic mass is 9.65. The smallest absolute Gasteiger partial charge is 0.139 e. The second-order valence-corrected chi connectivity index (χ2v) is 4.95. The summed E-state index contributed by atoms with van der Waals surface area (Å²) in [6.07, 6.45) is 4.68. The van der Waals surface area contributed by atoms with Crippen LogP contribution >= 0.6 is 0 Å². The van der Waals surface area contributed by atoms with E-state index in [0.29, 0.717) is 17.6 Å². The van der Waals surface area contributed by atoms with Gasteiger partial charge in [0.1, 0.15) is 5.78 Å². The zero-order valence-corrected chi connectivity index (χ0v) is 8.05. The van der Waals surface area contributed by atoms with Crippen molar-refractivity contribution in [3.8, 4) is 0 Å². The first-order valence-electron chi connectivity index (χ1n) is 5.20. The third-order valence-corrected chi connectivity index (χ3v) is 3.55. The highest BCUT2D eigenvalue weighted by Gasteiger charge is 2.39. The molecule has 0 spiro atoms. The lowest BCUT2D eigenvalue weighted by molar-refractivity contribution is -0.134. The Kier molecular flexibility index (Phi) is 1.97. The average molecular weight is 166 g/mol. The van der Waals surface area contributed by atoms with Gasteiger partial charge in [-0.05, 0) is 37.5 Å². The minimum atomic E-state index is 0.456. The molecule has 12 heavy (non-hydrogen) atoms. The van der Waals surface area contributed by atoms with Gasteiger partial charge in [0.05, 0.1) is 0 Å². The quantitative estimate of drug-likeness (QED) is 0.616. The Hall–Kier alpha value is -0.330. The second kappa shape index (κ2) is 2.86. The monoisotopic (exact) mass is 166 g/mol. The summed E-state index contributed by atoms with van der Waals surface area (Å²) in [4.78, 5) is 11.7. The molecule has 0 aromatic carbocycles. The molecule has 0 aromatic rings. The third kappa shape index (κ3) is 1.30. The van der Waals surface area contributed by atoms with E-state index in [0.717, 1.165) is 11.8 Å². The number of rotatable bonds is 2. The summed E-state index contributed by atoms with van der Waals surface area (Å²) >= 11 is 0. The zero-order valence-electron chi connectivity index (χ0n) is 8.05. The molecule has 2 aliphatic rings. The third-order valence-electron chi connectivity index (χ3n) is 3.55. The van der Waals surface area contributed by atoms with Gasteiger partial charge < -0.3 is 0 Å². The van der Waals surface area contributed by atoms with Crippen LogP contribution in [0.25, 0.3) is 0 Å².